The molecule has 4 heteroatoms. The lowest BCUT2D eigenvalue weighted by atomic mass is 9.92. The zero-order chi connectivity index (χ0) is 20.3. The molecule has 4 rings (SSSR count). The molecule has 0 aromatic heterocycles. The fourth-order valence-corrected chi connectivity index (χ4v) is 6.40. The van der Waals surface area contributed by atoms with Gasteiger partial charge in [0.1, 0.15) is 0 Å². The maximum atomic E-state index is 6.60. The van der Waals surface area contributed by atoms with Crippen LogP contribution in [0.1, 0.15) is 78.6 Å². The predicted molar refractivity (Wildman–Crippen MR) is 121 cm³/mol. The van der Waals surface area contributed by atoms with Crippen molar-refractivity contribution in [3.63, 3.8) is 0 Å². The van der Waals surface area contributed by atoms with Gasteiger partial charge in [-0.25, -0.2) is 0 Å². The highest BCUT2D eigenvalue weighted by Gasteiger charge is 2.44. The Kier molecular flexibility index (Phi) is 7.58. The highest BCUT2D eigenvalue weighted by molar-refractivity contribution is 4.96. The standard InChI is InChI=1S/C25H47N3O/c1-4-26-13-5-22(6-14-26)28-17-9-24(10-18-28)29-23-7-15-27(16-8-23)20-25(11-12-25)19-21(2)3/h21-24H,4-20H2,1-3H3. The SMILES string of the molecule is CCN1CCC(N2CCC(OC3CCN(CC4(CC(C)C)CC4)CC3)CC2)CC1. The second-order valence-electron chi connectivity index (χ2n) is 11.1. The van der Waals surface area contributed by atoms with E-state index in [1.54, 1.807) is 0 Å². The smallest absolute Gasteiger partial charge is 0.0603 e. The number of likely N-dealkylation sites (tertiary alicyclic amines) is 3. The maximum absolute atomic E-state index is 6.60. The Balaban J connectivity index is 1.12. The van der Waals surface area contributed by atoms with E-state index in [9.17, 15) is 0 Å². The van der Waals surface area contributed by atoms with Gasteiger partial charge in [-0.2, -0.15) is 0 Å². The molecule has 0 atom stereocenters. The minimum atomic E-state index is 0.522. The van der Waals surface area contributed by atoms with Crippen molar-refractivity contribution < 1.29 is 4.74 Å². The highest BCUT2D eigenvalue weighted by atomic mass is 16.5. The molecule has 3 aliphatic heterocycles. The van der Waals surface area contributed by atoms with Crippen LogP contribution in [0.15, 0.2) is 0 Å². The Bertz CT molecular complexity index is 482. The summed E-state index contributed by atoms with van der Waals surface area (Å²) < 4.78 is 6.60. The largest absolute Gasteiger partial charge is 0.375 e. The predicted octanol–water partition coefficient (Wildman–Crippen LogP) is 4.24. The van der Waals surface area contributed by atoms with Crippen LogP contribution >= 0.6 is 0 Å². The third-order valence-corrected chi connectivity index (χ3v) is 8.27. The Hall–Kier alpha value is -0.160. The molecule has 3 heterocycles. The number of rotatable bonds is 8. The molecule has 0 aromatic carbocycles. The van der Waals surface area contributed by atoms with Crippen molar-refractivity contribution in [3.8, 4) is 0 Å². The normalized spacial score (nSPS) is 29.0. The summed E-state index contributed by atoms with van der Waals surface area (Å²) in [6.07, 6.45) is 13.2. The van der Waals surface area contributed by atoms with Gasteiger partial charge in [0.2, 0.25) is 0 Å². The van der Waals surface area contributed by atoms with Crippen molar-refractivity contribution in [1.29, 1.82) is 0 Å². The summed E-state index contributed by atoms with van der Waals surface area (Å²) in [5.41, 5.74) is 0.683. The van der Waals surface area contributed by atoms with Gasteiger partial charge in [0.25, 0.3) is 0 Å². The zero-order valence-electron chi connectivity index (χ0n) is 19.6. The van der Waals surface area contributed by atoms with Crippen molar-refractivity contribution in [2.45, 2.75) is 96.8 Å². The lowest BCUT2D eigenvalue weighted by Crippen LogP contribution is -2.49. The number of nitrogens with zero attached hydrogens (tertiary/aromatic N) is 3. The van der Waals surface area contributed by atoms with Crippen molar-refractivity contribution in [3.05, 3.63) is 0 Å². The number of hydrogen-bond donors (Lipinski definition) is 0. The molecule has 0 unspecified atom stereocenters. The van der Waals surface area contributed by atoms with Crippen LogP contribution in [0.3, 0.4) is 0 Å². The zero-order valence-corrected chi connectivity index (χ0v) is 19.6. The summed E-state index contributed by atoms with van der Waals surface area (Å²) in [5, 5.41) is 0. The Morgan fingerprint density at radius 1 is 0.793 bits per heavy atom. The van der Waals surface area contributed by atoms with E-state index in [2.05, 4.69) is 35.5 Å². The lowest BCUT2D eigenvalue weighted by Gasteiger charge is -2.42. The fourth-order valence-electron chi connectivity index (χ4n) is 6.40. The molecule has 3 saturated heterocycles. The molecular formula is C25H47N3O. The van der Waals surface area contributed by atoms with Crippen LogP contribution in [0, 0.1) is 11.3 Å². The van der Waals surface area contributed by atoms with E-state index in [0.29, 0.717) is 17.6 Å². The average molecular weight is 406 g/mol. The second-order valence-corrected chi connectivity index (χ2v) is 11.1. The Morgan fingerprint density at radius 2 is 1.34 bits per heavy atom. The van der Waals surface area contributed by atoms with Gasteiger partial charge in [0, 0.05) is 38.8 Å². The highest BCUT2D eigenvalue weighted by Crippen LogP contribution is 2.51. The van der Waals surface area contributed by atoms with E-state index in [1.807, 2.05) is 0 Å². The minimum absolute atomic E-state index is 0.522. The quantitative estimate of drug-likeness (QED) is 0.601. The first-order valence-electron chi connectivity index (χ1n) is 12.9. The topological polar surface area (TPSA) is 19.0 Å². The van der Waals surface area contributed by atoms with E-state index >= 15 is 0 Å². The summed E-state index contributed by atoms with van der Waals surface area (Å²) in [6.45, 7) is 17.3. The Labute approximate surface area is 180 Å². The minimum Gasteiger partial charge on any atom is -0.375 e. The number of hydrogen-bond acceptors (Lipinski definition) is 4. The first kappa shape index (κ1) is 22.0. The molecule has 0 radical (unpaired) electrons. The van der Waals surface area contributed by atoms with Crippen LogP contribution in [0.4, 0.5) is 0 Å². The molecule has 1 aliphatic carbocycles. The van der Waals surface area contributed by atoms with E-state index in [4.69, 9.17) is 4.74 Å². The van der Waals surface area contributed by atoms with Crippen molar-refractivity contribution in [2.24, 2.45) is 11.3 Å². The van der Waals surface area contributed by atoms with Gasteiger partial charge in [0.05, 0.1) is 12.2 Å². The monoisotopic (exact) mass is 405 g/mol. The van der Waals surface area contributed by atoms with Crippen molar-refractivity contribution in [2.75, 3.05) is 52.4 Å². The van der Waals surface area contributed by atoms with Gasteiger partial charge in [-0.15, -0.1) is 0 Å². The number of piperidine rings is 3. The summed E-state index contributed by atoms with van der Waals surface area (Å²) in [4.78, 5) is 8.13. The molecule has 1 saturated carbocycles. The van der Waals surface area contributed by atoms with Gasteiger partial charge in [-0.3, -0.25) is 0 Å². The number of ether oxygens (including phenoxy) is 1. The van der Waals surface area contributed by atoms with E-state index in [-0.39, 0.29) is 0 Å². The van der Waals surface area contributed by atoms with E-state index < -0.39 is 0 Å². The van der Waals surface area contributed by atoms with Crippen LogP contribution in [-0.4, -0.2) is 85.3 Å². The second kappa shape index (κ2) is 9.97. The molecule has 4 nitrogen and oxygen atoms in total. The fraction of sp³-hybridized carbons (Fsp3) is 1.00. The van der Waals surface area contributed by atoms with Gasteiger partial charge >= 0.3 is 0 Å². The van der Waals surface area contributed by atoms with Crippen LogP contribution in [0.5, 0.6) is 0 Å². The lowest BCUT2D eigenvalue weighted by molar-refractivity contribution is -0.0723. The molecule has 0 N–H and O–H groups in total. The van der Waals surface area contributed by atoms with Crippen LogP contribution in [-0.2, 0) is 4.74 Å². The maximum Gasteiger partial charge on any atom is 0.0603 e. The molecule has 0 spiro atoms. The van der Waals surface area contributed by atoms with Crippen LogP contribution in [0.2, 0.25) is 0 Å². The third-order valence-electron chi connectivity index (χ3n) is 8.27. The first-order chi connectivity index (χ1) is 14.0. The molecule has 4 aliphatic rings. The first-order valence-corrected chi connectivity index (χ1v) is 12.9. The summed E-state index contributed by atoms with van der Waals surface area (Å²) >= 11 is 0. The van der Waals surface area contributed by atoms with Crippen LogP contribution in [0.25, 0.3) is 0 Å². The average Bonchev–Trinajstić information content (AvgIpc) is 3.48. The van der Waals surface area contributed by atoms with E-state index in [1.165, 1.54) is 110 Å². The molecular weight excluding hydrogens is 358 g/mol. The van der Waals surface area contributed by atoms with Gasteiger partial charge in [-0.1, -0.05) is 20.8 Å². The molecule has 0 aromatic rings. The molecule has 0 bridgehead atoms. The van der Waals surface area contributed by atoms with Crippen molar-refractivity contribution in [1.82, 2.24) is 14.7 Å². The van der Waals surface area contributed by atoms with Crippen LogP contribution < -0.4 is 0 Å². The van der Waals surface area contributed by atoms with Gasteiger partial charge in [0.15, 0.2) is 0 Å². The Morgan fingerprint density at radius 3 is 1.86 bits per heavy atom. The molecule has 168 valence electrons. The third kappa shape index (κ3) is 6.18. The van der Waals surface area contributed by atoms with Gasteiger partial charge in [-0.05, 0) is 88.8 Å². The van der Waals surface area contributed by atoms with Crippen molar-refractivity contribution >= 4 is 0 Å². The molecule has 0 amide bonds. The van der Waals surface area contributed by atoms with Gasteiger partial charge < -0.3 is 19.4 Å². The summed E-state index contributed by atoms with van der Waals surface area (Å²) in [6, 6.07) is 0.836. The molecule has 29 heavy (non-hydrogen) atoms. The summed E-state index contributed by atoms with van der Waals surface area (Å²) in [5.74, 6) is 0.850. The van der Waals surface area contributed by atoms with E-state index in [0.717, 1.165) is 12.0 Å². The summed E-state index contributed by atoms with van der Waals surface area (Å²) in [7, 11) is 0. The molecule has 4 fully saturated rings.